The SMILES string of the molecule is CC(=O)Nc1nccc(C(=O)COC(=O)[C@@H]2CCC3CC(c4c(N)ccc(Cl)c4F)=CC(=O)N32)c1C. The molecule has 0 saturated carbocycles. The number of carbonyl (C=O) groups is 4. The van der Waals surface area contributed by atoms with Gasteiger partial charge in [0, 0.05) is 47.6 Å². The predicted molar refractivity (Wildman–Crippen MR) is 131 cm³/mol. The molecule has 2 amide bonds. The van der Waals surface area contributed by atoms with Gasteiger partial charge < -0.3 is 20.7 Å². The zero-order valence-corrected chi connectivity index (χ0v) is 20.4. The number of ether oxygens (including phenoxy) is 1. The number of Topliss-reactive ketones (excluding diaryl/α,β-unsaturated/α-hetero) is 1. The van der Waals surface area contributed by atoms with Gasteiger partial charge in [-0.3, -0.25) is 14.4 Å². The van der Waals surface area contributed by atoms with Crippen molar-refractivity contribution in [1.82, 2.24) is 9.88 Å². The monoisotopic (exact) mass is 514 g/mol. The van der Waals surface area contributed by atoms with Crippen molar-refractivity contribution < 1.29 is 28.3 Å². The van der Waals surface area contributed by atoms with Gasteiger partial charge in [-0.2, -0.15) is 0 Å². The maximum atomic E-state index is 14.6. The molecule has 1 unspecified atom stereocenters. The zero-order chi connectivity index (χ0) is 26.1. The van der Waals surface area contributed by atoms with Gasteiger partial charge in [0.2, 0.25) is 17.6 Å². The summed E-state index contributed by atoms with van der Waals surface area (Å²) < 4.78 is 19.9. The number of hydrogen-bond acceptors (Lipinski definition) is 7. The summed E-state index contributed by atoms with van der Waals surface area (Å²) in [5, 5.41) is 2.44. The first-order valence-corrected chi connectivity index (χ1v) is 11.7. The second-order valence-electron chi connectivity index (χ2n) is 8.74. The summed E-state index contributed by atoms with van der Waals surface area (Å²) in [6.07, 6.45) is 3.79. The van der Waals surface area contributed by atoms with Gasteiger partial charge in [-0.25, -0.2) is 14.2 Å². The van der Waals surface area contributed by atoms with Crippen molar-refractivity contribution in [2.75, 3.05) is 17.7 Å². The number of nitrogens with zero attached hydrogens (tertiary/aromatic N) is 2. The molecule has 0 aliphatic carbocycles. The Hall–Kier alpha value is -3.79. The van der Waals surface area contributed by atoms with Gasteiger partial charge in [0.1, 0.15) is 11.9 Å². The molecule has 0 spiro atoms. The van der Waals surface area contributed by atoms with Crippen molar-refractivity contribution in [3.8, 4) is 0 Å². The number of fused-ring (bicyclic) bond motifs is 1. The Morgan fingerprint density at radius 1 is 1.28 bits per heavy atom. The third-order valence-corrected chi connectivity index (χ3v) is 6.67. The Bertz CT molecular complexity index is 1310. The fourth-order valence-corrected chi connectivity index (χ4v) is 4.85. The van der Waals surface area contributed by atoms with E-state index in [1.54, 1.807) is 6.92 Å². The molecule has 3 N–H and O–H groups in total. The molecular weight excluding hydrogens is 491 g/mol. The number of anilines is 2. The quantitative estimate of drug-likeness (QED) is 0.343. The number of carbonyl (C=O) groups excluding carboxylic acids is 4. The normalized spacial score (nSPS) is 18.9. The number of nitrogens with one attached hydrogen (secondary N) is 1. The first-order valence-electron chi connectivity index (χ1n) is 11.3. The Kier molecular flexibility index (Phi) is 7.07. The summed E-state index contributed by atoms with van der Waals surface area (Å²) in [6.45, 7) is 2.42. The number of nitrogen functional groups attached to an aromatic ring is 1. The summed E-state index contributed by atoms with van der Waals surface area (Å²) in [5.41, 5.74) is 7.34. The number of hydrogen-bond donors (Lipinski definition) is 2. The van der Waals surface area contributed by atoms with Gasteiger partial charge >= 0.3 is 5.97 Å². The van der Waals surface area contributed by atoms with E-state index in [4.69, 9.17) is 22.1 Å². The van der Waals surface area contributed by atoms with E-state index in [0.29, 0.717) is 30.4 Å². The third kappa shape index (κ3) is 4.81. The number of pyridine rings is 1. The summed E-state index contributed by atoms with van der Waals surface area (Å²) in [6, 6.07) is 3.11. The predicted octanol–water partition coefficient (Wildman–Crippen LogP) is 3.30. The highest BCUT2D eigenvalue weighted by molar-refractivity contribution is 6.31. The van der Waals surface area contributed by atoms with Crippen LogP contribution in [-0.2, 0) is 19.1 Å². The molecule has 2 aliphatic rings. The first kappa shape index (κ1) is 25.3. The summed E-state index contributed by atoms with van der Waals surface area (Å²) in [4.78, 5) is 55.3. The lowest BCUT2D eigenvalue weighted by Gasteiger charge is -2.33. The highest BCUT2D eigenvalue weighted by Crippen LogP contribution is 2.39. The van der Waals surface area contributed by atoms with Crippen LogP contribution in [0, 0.1) is 12.7 Å². The Balaban J connectivity index is 1.45. The van der Waals surface area contributed by atoms with E-state index in [2.05, 4.69) is 10.3 Å². The van der Waals surface area contributed by atoms with Crippen LogP contribution >= 0.6 is 11.6 Å². The first-order chi connectivity index (χ1) is 17.1. The fraction of sp³-hybridized carbons (Fsp3) is 0.320. The van der Waals surface area contributed by atoms with Crippen molar-refractivity contribution in [1.29, 1.82) is 0 Å². The number of amides is 2. The zero-order valence-electron chi connectivity index (χ0n) is 19.6. The topological polar surface area (TPSA) is 132 Å². The molecule has 2 aliphatic heterocycles. The maximum Gasteiger partial charge on any atom is 0.329 e. The smallest absolute Gasteiger partial charge is 0.329 e. The number of esters is 1. The molecule has 3 heterocycles. The molecule has 0 bridgehead atoms. The van der Waals surface area contributed by atoms with Crippen LogP contribution in [0.3, 0.4) is 0 Å². The lowest BCUT2D eigenvalue weighted by atomic mass is 9.92. The van der Waals surface area contributed by atoms with Crippen LogP contribution in [-0.4, -0.2) is 52.1 Å². The second-order valence-corrected chi connectivity index (χ2v) is 9.14. The molecule has 2 atom stereocenters. The molecule has 0 radical (unpaired) electrons. The highest BCUT2D eigenvalue weighted by atomic mass is 35.5. The number of halogens is 2. The largest absolute Gasteiger partial charge is 0.456 e. The second kappa shape index (κ2) is 10.1. The lowest BCUT2D eigenvalue weighted by molar-refractivity contribution is -0.152. The van der Waals surface area contributed by atoms with Crippen LogP contribution in [0.4, 0.5) is 15.9 Å². The van der Waals surface area contributed by atoms with Crippen LogP contribution in [0.5, 0.6) is 0 Å². The average Bonchev–Trinajstić information content (AvgIpc) is 3.26. The standard InChI is InChI=1S/C25H24ClFN4O5/c1-12-16(7-8-29-24(12)30-13(2)32)20(33)11-36-25(35)19-6-3-15-9-14(10-21(34)31(15)19)22-18(28)5-4-17(26)23(22)27/h4-5,7-8,10,15,19H,3,6,9,11,28H2,1-2H3,(H,29,30,32)/t15?,19-/m0/s1. The van der Waals surface area contributed by atoms with Crippen molar-refractivity contribution in [2.45, 2.75) is 45.2 Å². The summed E-state index contributed by atoms with van der Waals surface area (Å²) in [5.74, 6) is -2.40. The molecule has 9 nitrogen and oxygen atoms in total. The summed E-state index contributed by atoms with van der Waals surface area (Å²) >= 11 is 5.90. The minimum Gasteiger partial charge on any atom is -0.456 e. The molecule has 36 heavy (non-hydrogen) atoms. The maximum absolute atomic E-state index is 14.6. The van der Waals surface area contributed by atoms with Gasteiger partial charge in [0.15, 0.2) is 12.4 Å². The number of nitrogens with two attached hydrogens (primary N) is 1. The van der Waals surface area contributed by atoms with Crippen molar-refractivity contribution in [2.24, 2.45) is 0 Å². The molecule has 1 saturated heterocycles. The van der Waals surface area contributed by atoms with Gasteiger partial charge in [-0.15, -0.1) is 0 Å². The molecule has 1 fully saturated rings. The number of benzene rings is 1. The van der Waals surface area contributed by atoms with Crippen molar-refractivity contribution in [3.63, 3.8) is 0 Å². The van der Waals surface area contributed by atoms with Gasteiger partial charge in [-0.1, -0.05) is 11.6 Å². The Labute approximate surface area is 211 Å². The van der Waals surface area contributed by atoms with E-state index in [0.717, 1.165) is 0 Å². The minimum absolute atomic E-state index is 0.0958. The van der Waals surface area contributed by atoms with Crippen LogP contribution in [0.25, 0.3) is 5.57 Å². The van der Waals surface area contributed by atoms with E-state index in [1.165, 1.54) is 42.3 Å². The fourth-order valence-electron chi connectivity index (χ4n) is 4.69. The highest BCUT2D eigenvalue weighted by Gasteiger charge is 2.44. The lowest BCUT2D eigenvalue weighted by Crippen LogP contribution is -2.47. The molecule has 11 heteroatoms. The van der Waals surface area contributed by atoms with Crippen molar-refractivity contribution in [3.05, 3.63) is 58.0 Å². The molecule has 188 valence electrons. The van der Waals surface area contributed by atoms with E-state index < -0.39 is 36.1 Å². The molecular formula is C25H24ClFN4O5. The van der Waals surface area contributed by atoms with Crippen LogP contribution in [0.1, 0.15) is 47.7 Å². The van der Waals surface area contributed by atoms with E-state index >= 15 is 0 Å². The van der Waals surface area contributed by atoms with E-state index in [1.807, 2.05) is 0 Å². The summed E-state index contributed by atoms with van der Waals surface area (Å²) in [7, 11) is 0. The van der Waals surface area contributed by atoms with E-state index in [-0.39, 0.29) is 39.6 Å². The average molecular weight is 515 g/mol. The number of aromatic nitrogens is 1. The number of ketones is 1. The molecule has 2 aromatic rings. The van der Waals surface area contributed by atoms with Crippen LogP contribution in [0.15, 0.2) is 30.5 Å². The molecule has 4 rings (SSSR count). The van der Waals surface area contributed by atoms with Crippen LogP contribution in [0.2, 0.25) is 5.02 Å². The van der Waals surface area contributed by atoms with Gasteiger partial charge in [0.25, 0.3) is 0 Å². The van der Waals surface area contributed by atoms with Crippen LogP contribution < -0.4 is 11.1 Å². The van der Waals surface area contributed by atoms with Crippen molar-refractivity contribution >= 4 is 52.2 Å². The Morgan fingerprint density at radius 3 is 2.75 bits per heavy atom. The minimum atomic E-state index is -0.858. The third-order valence-electron chi connectivity index (χ3n) is 6.37. The number of rotatable bonds is 6. The Morgan fingerprint density at radius 2 is 2.03 bits per heavy atom. The van der Waals surface area contributed by atoms with E-state index in [9.17, 15) is 23.6 Å². The molecule has 1 aromatic carbocycles. The van der Waals surface area contributed by atoms with Gasteiger partial charge in [0.05, 0.1) is 5.02 Å². The molecule has 1 aromatic heterocycles. The van der Waals surface area contributed by atoms with Gasteiger partial charge in [-0.05, 0) is 50.0 Å².